The molecule has 158 valence electrons. The van der Waals surface area contributed by atoms with Gasteiger partial charge in [0.2, 0.25) is 0 Å². The van der Waals surface area contributed by atoms with Crippen molar-refractivity contribution in [2.45, 2.75) is 45.4 Å². The Kier molecular flexibility index (Phi) is 6.50. The summed E-state index contributed by atoms with van der Waals surface area (Å²) in [6, 6.07) is 10.3. The Morgan fingerprint density at radius 1 is 1.30 bits per heavy atom. The number of aromatic nitrogens is 2. The monoisotopic (exact) mass is 424 g/mol. The van der Waals surface area contributed by atoms with E-state index in [0.717, 1.165) is 49.4 Å². The summed E-state index contributed by atoms with van der Waals surface area (Å²) in [5, 5.41) is 14.4. The van der Waals surface area contributed by atoms with E-state index in [1.165, 1.54) is 11.1 Å². The minimum atomic E-state index is -0.139. The van der Waals surface area contributed by atoms with Gasteiger partial charge in [0.15, 0.2) is 5.69 Å². The lowest BCUT2D eigenvalue weighted by atomic mass is 10.2. The van der Waals surface area contributed by atoms with Crippen molar-refractivity contribution in [1.29, 1.82) is 0 Å². The van der Waals surface area contributed by atoms with Crippen LogP contribution in [0.25, 0.3) is 0 Å². The van der Waals surface area contributed by atoms with Crippen molar-refractivity contribution in [2.24, 2.45) is 0 Å². The summed E-state index contributed by atoms with van der Waals surface area (Å²) in [4.78, 5) is 14.8. The largest absolute Gasteiger partial charge is 0.489 e. The number of rotatable bonds is 9. The summed E-state index contributed by atoms with van der Waals surface area (Å²) in [5.74, 6) is 0.687. The molecule has 2 heterocycles. The molecule has 0 unspecified atom stereocenters. The fraction of sp³-hybridized carbons (Fsp3) is 0.391. The zero-order valence-electron chi connectivity index (χ0n) is 17.5. The van der Waals surface area contributed by atoms with Crippen LogP contribution in [0.1, 0.15) is 46.2 Å². The van der Waals surface area contributed by atoms with E-state index in [1.807, 2.05) is 19.1 Å². The minimum Gasteiger partial charge on any atom is -0.489 e. The molecule has 1 amide bonds. The van der Waals surface area contributed by atoms with Gasteiger partial charge in [0.05, 0.1) is 6.54 Å². The van der Waals surface area contributed by atoms with Gasteiger partial charge in [-0.2, -0.15) is 16.4 Å². The minimum absolute atomic E-state index is 0.131. The van der Waals surface area contributed by atoms with Gasteiger partial charge < -0.3 is 10.1 Å². The van der Waals surface area contributed by atoms with Crippen LogP contribution in [-0.2, 0) is 25.9 Å². The number of ether oxygens (including phenoxy) is 1. The Morgan fingerprint density at radius 2 is 2.17 bits per heavy atom. The number of benzene rings is 1. The highest BCUT2D eigenvalue weighted by Gasteiger charge is 2.23. The van der Waals surface area contributed by atoms with Crippen LogP contribution in [-0.4, -0.2) is 40.7 Å². The van der Waals surface area contributed by atoms with Gasteiger partial charge in [0.1, 0.15) is 11.9 Å². The molecule has 0 spiro atoms. The zero-order valence-corrected chi connectivity index (χ0v) is 18.3. The number of nitrogens with zero attached hydrogens (tertiary/aromatic N) is 2. The maximum atomic E-state index is 12.5. The van der Waals surface area contributed by atoms with Gasteiger partial charge in [-0.25, -0.2) is 0 Å². The second kappa shape index (κ2) is 9.45. The molecule has 2 N–H and O–H groups in total. The lowest BCUT2D eigenvalue weighted by Crippen LogP contribution is -2.34. The third-order valence-electron chi connectivity index (χ3n) is 5.29. The van der Waals surface area contributed by atoms with Crippen molar-refractivity contribution in [3.05, 3.63) is 69.2 Å². The SMILES string of the molecule is C[C@H](CNC(=O)c1n[nH]c2c1CCC2)Oc1cccc(CN(C)Cc2ccsc2)c1. The lowest BCUT2D eigenvalue weighted by Gasteiger charge is -2.18. The van der Waals surface area contributed by atoms with Gasteiger partial charge >= 0.3 is 0 Å². The molecule has 0 bridgehead atoms. The van der Waals surface area contributed by atoms with Crippen molar-refractivity contribution >= 4 is 17.2 Å². The van der Waals surface area contributed by atoms with E-state index in [4.69, 9.17) is 4.74 Å². The summed E-state index contributed by atoms with van der Waals surface area (Å²) in [7, 11) is 2.12. The van der Waals surface area contributed by atoms with E-state index >= 15 is 0 Å². The van der Waals surface area contributed by atoms with Crippen molar-refractivity contribution in [3.63, 3.8) is 0 Å². The van der Waals surface area contributed by atoms with Crippen LogP contribution in [0.4, 0.5) is 0 Å². The third kappa shape index (κ3) is 5.09. The Bertz CT molecular complexity index is 983. The van der Waals surface area contributed by atoms with Crippen LogP contribution in [0.15, 0.2) is 41.1 Å². The van der Waals surface area contributed by atoms with Crippen molar-refractivity contribution in [3.8, 4) is 5.75 Å². The molecule has 1 aromatic carbocycles. The number of aromatic amines is 1. The molecule has 2 aromatic heterocycles. The predicted octanol–water partition coefficient (Wildman–Crippen LogP) is 3.79. The molecule has 1 atom stereocenters. The molecule has 1 aliphatic carbocycles. The van der Waals surface area contributed by atoms with Crippen LogP contribution >= 0.6 is 11.3 Å². The van der Waals surface area contributed by atoms with Gasteiger partial charge in [-0.3, -0.25) is 14.8 Å². The molecular formula is C23H28N4O2S. The maximum Gasteiger partial charge on any atom is 0.272 e. The standard InChI is InChI=1S/C23H28N4O2S/c1-16(12-24-23(28)22-20-7-4-8-21(20)25-26-22)29-19-6-3-5-17(11-19)13-27(2)14-18-9-10-30-15-18/h3,5-6,9-11,15-16H,4,7-8,12-14H2,1-2H3,(H,24,28)(H,25,26)/t16-/m1/s1. The van der Waals surface area contributed by atoms with E-state index in [0.29, 0.717) is 12.2 Å². The van der Waals surface area contributed by atoms with Crippen LogP contribution in [0, 0.1) is 0 Å². The molecule has 6 nitrogen and oxygen atoms in total. The molecule has 0 fully saturated rings. The van der Waals surface area contributed by atoms with Crippen LogP contribution in [0.5, 0.6) is 5.75 Å². The van der Waals surface area contributed by atoms with Gasteiger partial charge in [0.25, 0.3) is 5.91 Å². The van der Waals surface area contributed by atoms with Crippen LogP contribution in [0.2, 0.25) is 0 Å². The average Bonchev–Trinajstić information content (AvgIpc) is 3.44. The lowest BCUT2D eigenvalue weighted by molar-refractivity contribution is 0.0926. The third-order valence-corrected chi connectivity index (χ3v) is 6.02. The first-order chi connectivity index (χ1) is 14.6. The number of fused-ring (bicyclic) bond motifs is 1. The Hall–Kier alpha value is -2.64. The molecule has 1 aliphatic rings. The molecule has 0 aliphatic heterocycles. The highest BCUT2D eigenvalue weighted by molar-refractivity contribution is 7.07. The van der Waals surface area contributed by atoms with Crippen molar-refractivity contribution < 1.29 is 9.53 Å². The molecule has 0 saturated carbocycles. The smallest absolute Gasteiger partial charge is 0.272 e. The summed E-state index contributed by atoms with van der Waals surface area (Å²) in [6.07, 6.45) is 2.85. The Balaban J connectivity index is 1.27. The average molecular weight is 425 g/mol. The van der Waals surface area contributed by atoms with Crippen LogP contribution < -0.4 is 10.1 Å². The number of aryl methyl sites for hydroxylation is 1. The van der Waals surface area contributed by atoms with Crippen molar-refractivity contribution in [1.82, 2.24) is 20.4 Å². The highest BCUT2D eigenvalue weighted by atomic mass is 32.1. The summed E-state index contributed by atoms with van der Waals surface area (Å²) in [6.45, 7) is 4.17. The van der Waals surface area contributed by atoms with Gasteiger partial charge in [-0.05, 0) is 73.3 Å². The number of carbonyl (C=O) groups excluding carboxylic acids is 1. The van der Waals surface area contributed by atoms with Crippen molar-refractivity contribution in [2.75, 3.05) is 13.6 Å². The first-order valence-corrected chi connectivity index (χ1v) is 11.3. The number of carbonyl (C=O) groups is 1. The molecule has 4 rings (SSSR count). The number of hydrogen-bond acceptors (Lipinski definition) is 5. The first-order valence-electron chi connectivity index (χ1n) is 10.4. The summed E-state index contributed by atoms with van der Waals surface area (Å²) < 4.78 is 6.04. The van der Waals surface area contributed by atoms with E-state index in [1.54, 1.807) is 11.3 Å². The topological polar surface area (TPSA) is 70.2 Å². The molecular weight excluding hydrogens is 396 g/mol. The first kappa shape index (κ1) is 20.6. The fourth-order valence-corrected chi connectivity index (χ4v) is 4.54. The maximum absolute atomic E-state index is 12.5. The number of hydrogen-bond donors (Lipinski definition) is 2. The normalized spacial score (nSPS) is 14.0. The number of nitrogens with one attached hydrogen (secondary N) is 2. The molecule has 3 aromatic rings. The van der Waals surface area contributed by atoms with E-state index in [9.17, 15) is 4.79 Å². The molecule has 0 radical (unpaired) electrons. The second-order valence-electron chi connectivity index (χ2n) is 7.97. The Morgan fingerprint density at radius 3 is 3.00 bits per heavy atom. The van der Waals surface area contributed by atoms with Crippen LogP contribution in [0.3, 0.4) is 0 Å². The summed E-state index contributed by atoms with van der Waals surface area (Å²) in [5.41, 5.74) is 5.24. The number of thiophene rings is 1. The number of H-pyrrole nitrogens is 1. The van der Waals surface area contributed by atoms with E-state index < -0.39 is 0 Å². The highest BCUT2D eigenvalue weighted by Crippen LogP contribution is 2.22. The molecule has 30 heavy (non-hydrogen) atoms. The fourth-order valence-electron chi connectivity index (χ4n) is 3.88. The van der Waals surface area contributed by atoms with E-state index in [2.05, 4.69) is 56.4 Å². The quantitative estimate of drug-likeness (QED) is 0.548. The predicted molar refractivity (Wildman–Crippen MR) is 119 cm³/mol. The van der Waals surface area contributed by atoms with E-state index in [-0.39, 0.29) is 12.0 Å². The molecule has 7 heteroatoms. The van der Waals surface area contributed by atoms with Gasteiger partial charge in [-0.15, -0.1) is 0 Å². The van der Waals surface area contributed by atoms with Gasteiger partial charge in [0, 0.05) is 24.3 Å². The van der Waals surface area contributed by atoms with Gasteiger partial charge in [-0.1, -0.05) is 12.1 Å². The second-order valence-corrected chi connectivity index (χ2v) is 8.75. The number of amides is 1. The molecule has 0 saturated heterocycles. The summed E-state index contributed by atoms with van der Waals surface area (Å²) >= 11 is 1.73. The Labute approximate surface area is 181 Å². The zero-order chi connectivity index (χ0) is 20.9.